The van der Waals surface area contributed by atoms with Crippen molar-refractivity contribution in [3.63, 3.8) is 0 Å². The maximum absolute atomic E-state index is 2.40. The second kappa shape index (κ2) is 5.88. The van der Waals surface area contributed by atoms with E-state index in [1.165, 1.54) is 22.5 Å². The maximum Gasteiger partial charge on any atom is 0.112 e. The number of rotatable bonds is 3. The highest BCUT2D eigenvalue weighted by molar-refractivity contribution is 5.65. The van der Waals surface area contributed by atoms with Crippen molar-refractivity contribution in [1.82, 2.24) is 0 Å². The Balaban J connectivity index is 2.01. The highest BCUT2D eigenvalue weighted by atomic mass is 15.4. The Labute approximate surface area is 133 Å². The lowest BCUT2D eigenvalue weighted by Crippen LogP contribution is -2.43. The average molecular weight is 292 g/mol. The molecule has 0 saturated heterocycles. The Morgan fingerprint density at radius 3 is 1.50 bits per heavy atom. The molecule has 0 N–H and O–H groups in total. The van der Waals surface area contributed by atoms with Gasteiger partial charge in [-0.05, 0) is 43.0 Å². The van der Waals surface area contributed by atoms with Gasteiger partial charge in [0, 0.05) is 23.8 Å². The van der Waals surface area contributed by atoms with Gasteiger partial charge in [-0.15, -0.1) is 0 Å². The molecule has 0 bridgehead atoms. The van der Waals surface area contributed by atoms with Crippen molar-refractivity contribution in [3.05, 3.63) is 72.1 Å². The zero-order valence-corrected chi connectivity index (χ0v) is 13.8. The van der Waals surface area contributed by atoms with E-state index in [1.54, 1.807) is 0 Å². The standard InChI is InChI=1S/C20H24N2/c1-15(2)20-21(18-11-7-5-9-16(18)3)13-14-22(20)19-12-8-6-10-17(19)4/h5-15,20H,1-4H3. The van der Waals surface area contributed by atoms with Gasteiger partial charge < -0.3 is 9.80 Å². The van der Waals surface area contributed by atoms with E-state index in [0.29, 0.717) is 12.1 Å². The van der Waals surface area contributed by atoms with Crippen molar-refractivity contribution < 1.29 is 0 Å². The fourth-order valence-electron chi connectivity index (χ4n) is 3.25. The van der Waals surface area contributed by atoms with Gasteiger partial charge in [-0.25, -0.2) is 0 Å². The van der Waals surface area contributed by atoms with Crippen LogP contribution in [0.4, 0.5) is 11.4 Å². The van der Waals surface area contributed by atoms with Crippen LogP contribution in [-0.2, 0) is 0 Å². The van der Waals surface area contributed by atoms with E-state index in [0.717, 1.165) is 0 Å². The van der Waals surface area contributed by atoms with Gasteiger partial charge in [0.05, 0.1) is 0 Å². The summed E-state index contributed by atoms with van der Waals surface area (Å²) in [6.07, 6.45) is 4.72. The second-order valence-corrected chi connectivity index (χ2v) is 6.34. The number of anilines is 2. The van der Waals surface area contributed by atoms with Gasteiger partial charge in [0.1, 0.15) is 6.17 Å². The van der Waals surface area contributed by atoms with Gasteiger partial charge in [0.15, 0.2) is 0 Å². The number of para-hydroxylation sites is 2. The van der Waals surface area contributed by atoms with Gasteiger partial charge in [-0.2, -0.15) is 0 Å². The summed E-state index contributed by atoms with van der Waals surface area (Å²) in [6.45, 7) is 8.93. The molecule has 2 aromatic rings. The Bertz CT molecular complexity index is 632. The maximum atomic E-state index is 2.40. The third-order valence-corrected chi connectivity index (χ3v) is 4.34. The fraction of sp³-hybridized carbons (Fsp3) is 0.300. The predicted molar refractivity (Wildman–Crippen MR) is 95.1 cm³/mol. The molecule has 0 radical (unpaired) electrons. The molecule has 114 valence electrons. The molecule has 1 heterocycles. The molecule has 3 rings (SSSR count). The number of benzene rings is 2. The first-order valence-electron chi connectivity index (χ1n) is 7.96. The molecule has 22 heavy (non-hydrogen) atoms. The molecule has 2 nitrogen and oxygen atoms in total. The Kier molecular flexibility index (Phi) is 3.93. The van der Waals surface area contributed by atoms with Crippen molar-refractivity contribution in [3.8, 4) is 0 Å². The molecule has 0 unspecified atom stereocenters. The molecule has 2 aromatic carbocycles. The first-order valence-corrected chi connectivity index (χ1v) is 7.96. The smallest absolute Gasteiger partial charge is 0.112 e. The summed E-state index contributed by atoms with van der Waals surface area (Å²) in [5.41, 5.74) is 5.19. The molecular weight excluding hydrogens is 268 g/mol. The van der Waals surface area contributed by atoms with Crippen LogP contribution in [0.2, 0.25) is 0 Å². The van der Waals surface area contributed by atoms with Gasteiger partial charge in [0.25, 0.3) is 0 Å². The third kappa shape index (κ3) is 2.50. The molecular formula is C20H24N2. The van der Waals surface area contributed by atoms with Crippen molar-refractivity contribution >= 4 is 11.4 Å². The van der Waals surface area contributed by atoms with Crippen LogP contribution in [0.25, 0.3) is 0 Å². The largest absolute Gasteiger partial charge is 0.325 e. The average Bonchev–Trinajstić information content (AvgIpc) is 2.93. The SMILES string of the molecule is Cc1ccccc1N1C=CN(c2ccccc2C)C1C(C)C. The first kappa shape index (κ1) is 14.7. The van der Waals surface area contributed by atoms with E-state index in [4.69, 9.17) is 0 Å². The summed E-state index contributed by atoms with van der Waals surface area (Å²) >= 11 is 0. The Morgan fingerprint density at radius 2 is 1.14 bits per heavy atom. The second-order valence-electron chi connectivity index (χ2n) is 6.34. The zero-order chi connectivity index (χ0) is 15.7. The summed E-state index contributed by atoms with van der Waals surface area (Å²) in [4.78, 5) is 4.79. The third-order valence-electron chi connectivity index (χ3n) is 4.34. The Morgan fingerprint density at radius 1 is 0.727 bits per heavy atom. The lowest BCUT2D eigenvalue weighted by Gasteiger charge is -2.37. The molecule has 0 aliphatic carbocycles. The minimum atomic E-state index is 0.308. The first-order chi connectivity index (χ1) is 10.6. The lowest BCUT2D eigenvalue weighted by atomic mass is 10.1. The molecule has 0 amide bonds. The van der Waals surface area contributed by atoms with Crippen LogP contribution in [0, 0.1) is 19.8 Å². The van der Waals surface area contributed by atoms with Crippen LogP contribution in [0.3, 0.4) is 0 Å². The van der Waals surface area contributed by atoms with Gasteiger partial charge in [-0.1, -0.05) is 50.2 Å². The minimum Gasteiger partial charge on any atom is -0.325 e. The van der Waals surface area contributed by atoms with E-state index >= 15 is 0 Å². The molecule has 0 spiro atoms. The Hall–Kier alpha value is -2.22. The van der Waals surface area contributed by atoms with E-state index in [1.807, 2.05) is 0 Å². The minimum absolute atomic E-state index is 0.308. The van der Waals surface area contributed by atoms with Crippen LogP contribution in [0.15, 0.2) is 60.9 Å². The molecule has 0 fully saturated rings. The van der Waals surface area contributed by atoms with Crippen LogP contribution in [0.1, 0.15) is 25.0 Å². The van der Waals surface area contributed by atoms with Crippen molar-refractivity contribution in [2.45, 2.75) is 33.9 Å². The van der Waals surface area contributed by atoms with Gasteiger partial charge >= 0.3 is 0 Å². The van der Waals surface area contributed by atoms with E-state index < -0.39 is 0 Å². The highest BCUT2D eigenvalue weighted by Crippen LogP contribution is 2.35. The molecule has 0 saturated carbocycles. The molecule has 0 atom stereocenters. The summed E-state index contributed by atoms with van der Waals surface area (Å²) in [5, 5.41) is 0. The molecule has 1 aliphatic rings. The number of hydrogen-bond donors (Lipinski definition) is 0. The molecule has 2 heteroatoms. The van der Waals surface area contributed by atoms with Crippen molar-refractivity contribution in [2.75, 3.05) is 9.80 Å². The quantitative estimate of drug-likeness (QED) is 0.778. The lowest BCUT2D eigenvalue weighted by molar-refractivity contribution is 0.500. The van der Waals surface area contributed by atoms with Crippen LogP contribution < -0.4 is 9.80 Å². The van der Waals surface area contributed by atoms with Crippen LogP contribution >= 0.6 is 0 Å². The van der Waals surface area contributed by atoms with Gasteiger partial charge in [-0.3, -0.25) is 0 Å². The highest BCUT2D eigenvalue weighted by Gasteiger charge is 2.32. The summed E-state index contributed by atoms with van der Waals surface area (Å²) in [6, 6.07) is 17.2. The van der Waals surface area contributed by atoms with Crippen molar-refractivity contribution in [2.24, 2.45) is 5.92 Å². The summed E-state index contributed by atoms with van der Waals surface area (Å²) < 4.78 is 0. The normalized spacial score (nSPS) is 15.1. The molecule has 1 aliphatic heterocycles. The van der Waals surface area contributed by atoms with E-state index in [9.17, 15) is 0 Å². The number of aryl methyl sites for hydroxylation is 2. The summed E-state index contributed by atoms with van der Waals surface area (Å²) in [5.74, 6) is 0.509. The van der Waals surface area contributed by atoms with Crippen molar-refractivity contribution in [1.29, 1.82) is 0 Å². The molecule has 0 aromatic heterocycles. The number of nitrogens with zero attached hydrogens (tertiary/aromatic N) is 2. The van der Waals surface area contributed by atoms with E-state index in [-0.39, 0.29) is 0 Å². The topological polar surface area (TPSA) is 6.48 Å². The predicted octanol–water partition coefficient (Wildman–Crippen LogP) is 5.08. The monoisotopic (exact) mass is 292 g/mol. The zero-order valence-electron chi connectivity index (χ0n) is 13.8. The van der Waals surface area contributed by atoms with Crippen LogP contribution in [-0.4, -0.2) is 6.17 Å². The number of hydrogen-bond acceptors (Lipinski definition) is 2. The fourth-order valence-corrected chi connectivity index (χ4v) is 3.25. The summed E-state index contributed by atoms with van der Waals surface area (Å²) in [7, 11) is 0. The van der Waals surface area contributed by atoms with Gasteiger partial charge in [0.2, 0.25) is 0 Å². The van der Waals surface area contributed by atoms with E-state index in [2.05, 4.69) is 98.4 Å². The van der Waals surface area contributed by atoms with Crippen LogP contribution in [0.5, 0.6) is 0 Å².